The number of halogens is 5. The van der Waals surface area contributed by atoms with Crippen LogP contribution in [0.3, 0.4) is 0 Å². The van der Waals surface area contributed by atoms with Gasteiger partial charge in [0, 0.05) is 23.7 Å². The zero-order chi connectivity index (χ0) is 28.7. The highest BCUT2D eigenvalue weighted by molar-refractivity contribution is 7.15. The normalized spacial score (nSPS) is 13.2. The molecule has 5 aromatic rings. The monoisotopic (exact) mass is 576 g/mol. The van der Waals surface area contributed by atoms with E-state index in [0.717, 1.165) is 23.6 Å². The summed E-state index contributed by atoms with van der Waals surface area (Å²) < 4.78 is 78.2. The van der Waals surface area contributed by atoms with Gasteiger partial charge in [0.1, 0.15) is 23.4 Å². The standard InChI is InChI=1S/C27H21F5N4O3S/c1-3-26(28,29)13-38-21(22-14(2)34-24(40-22)15-8-11-20(33-12-15)27(30,31)32)18-9-10-19(23-35-25(37)39-36-23)17-7-5-4-6-16(17)18/h4-12,21H,3,13H2,1-2H3,(H,35,36,37). The number of hydrogen-bond donors (Lipinski definition) is 1. The van der Waals surface area contributed by atoms with Crippen molar-refractivity contribution >= 4 is 22.1 Å². The number of aromatic amines is 1. The SMILES string of the molecule is CCC(F)(F)COC(c1sc(-c2ccc(C(F)(F)F)nc2)nc1C)c1ccc(-c2noc(=O)[nH]2)c2ccccc12. The van der Waals surface area contributed by atoms with Gasteiger partial charge in [-0.05, 0) is 35.4 Å². The summed E-state index contributed by atoms with van der Waals surface area (Å²) in [7, 11) is 0. The Hall–Kier alpha value is -3.97. The average Bonchev–Trinajstić information content (AvgIpc) is 3.54. The summed E-state index contributed by atoms with van der Waals surface area (Å²) in [4.78, 5) is 22.6. The lowest BCUT2D eigenvalue weighted by Crippen LogP contribution is -2.24. The van der Waals surface area contributed by atoms with E-state index in [1.54, 1.807) is 43.3 Å². The molecule has 0 bridgehead atoms. The third kappa shape index (κ3) is 5.52. The summed E-state index contributed by atoms with van der Waals surface area (Å²) in [6.45, 7) is 2.17. The Morgan fingerprint density at radius 2 is 1.80 bits per heavy atom. The predicted molar refractivity (Wildman–Crippen MR) is 138 cm³/mol. The Morgan fingerprint density at radius 3 is 2.42 bits per heavy atom. The summed E-state index contributed by atoms with van der Waals surface area (Å²) in [5.74, 6) is -3.61. The smallest absolute Gasteiger partial charge is 0.362 e. The minimum atomic E-state index is -4.59. The predicted octanol–water partition coefficient (Wildman–Crippen LogP) is 7.18. The van der Waals surface area contributed by atoms with E-state index in [4.69, 9.17) is 4.74 Å². The van der Waals surface area contributed by atoms with E-state index in [2.05, 4.69) is 24.6 Å². The molecule has 3 aromatic heterocycles. The molecule has 2 aromatic carbocycles. The van der Waals surface area contributed by atoms with E-state index >= 15 is 0 Å². The number of thiazole rings is 1. The van der Waals surface area contributed by atoms with Crippen molar-refractivity contribution in [1.82, 2.24) is 20.1 Å². The van der Waals surface area contributed by atoms with Gasteiger partial charge in [-0.15, -0.1) is 11.3 Å². The lowest BCUT2D eigenvalue weighted by atomic mass is 9.95. The fourth-order valence-corrected chi connectivity index (χ4v) is 5.31. The number of rotatable bonds is 8. The number of H-pyrrole nitrogens is 1. The number of pyridine rings is 1. The van der Waals surface area contributed by atoms with Crippen LogP contribution >= 0.6 is 11.3 Å². The molecule has 0 amide bonds. The van der Waals surface area contributed by atoms with Crippen molar-refractivity contribution < 1.29 is 31.2 Å². The van der Waals surface area contributed by atoms with Crippen LogP contribution in [0.4, 0.5) is 22.0 Å². The molecule has 13 heteroatoms. The zero-order valence-electron chi connectivity index (χ0n) is 21.1. The van der Waals surface area contributed by atoms with E-state index in [0.29, 0.717) is 43.0 Å². The van der Waals surface area contributed by atoms with Gasteiger partial charge in [-0.25, -0.2) is 18.6 Å². The highest BCUT2D eigenvalue weighted by Crippen LogP contribution is 2.42. The molecule has 0 aliphatic carbocycles. The van der Waals surface area contributed by atoms with Crippen LogP contribution in [-0.2, 0) is 10.9 Å². The van der Waals surface area contributed by atoms with Crippen molar-refractivity contribution in [2.75, 3.05) is 6.61 Å². The van der Waals surface area contributed by atoms with Gasteiger partial charge < -0.3 is 4.74 Å². The quantitative estimate of drug-likeness (QED) is 0.197. The van der Waals surface area contributed by atoms with Crippen LogP contribution in [0.25, 0.3) is 32.7 Å². The molecule has 40 heavy (non-hydrogen) atoms. The van der Waals surface area contributed by atoms with Crippen molar-refractivity contribution in [2.24, 2.45) is 0 Å². The maximum Gasteiger partial charge on any atom is 0.439 e. The van der Waals surface area contributed by atoms with E-state index in [9.17, 15) is 26.7 Å². The number of benzene rings is 2. The molecule has 5 rings (SSSR count). The van der Waals surface area contributed by atoms with Crippen LogP contribution in [0.2, 0.25) is 0 Å². The molecule has 7 nitrogen and oxygen atoms in total. The van der Waals surface area contributed by atoms with E-state index in [1.165, 1.54) is 13.0 Å². The molecule has 0 saturated heterocycles. The second kappa shape index (κ2) is 10.5. The maximum atomic E-state index is 14.4. The Balaban J connectivity index is 1.62. The van der Waals surface area contributed by atoms with E-state index < -0.39 is 42.7 Å². The number of aryl methyl sites for hydroxylation is 1. The Labute approximate surface area is 227 Å². The molecule has 0 saturated carbocycles. The van der Waals surface area contributed by atoms with Gasteiger partial charge in [0.2, 0.25) is 0 Å². The molecule has 0 aliphatic heterocycles. The van der Waals surface area contributed by atoms with Crippen LogP contribution in [0.15, 0.2) is 64.0 Å². The van der Waals surface area contributed by atoms with Crippen molar-refractivity contribution in [2.45, 2.75) is 38.5 Å². The molecular weight excluding hydrogens is 555 g/mol. The Morgan fingerprint density at radius 1 is 1.05 bits per heavy atom. The molecule has 208 valence electrons. The molecule has 3 heterocycles. The molecular formula is C27H21F5N4O3S. The third-order valence-corrected chi connectivity index (χ3v) is 7.54. The fraction of sp³-hybridized carbons (Fsp3) is 0.259. The number of alkyl halides is 5. The lowest BCUT2D eigenvalue weighted by molar-refractivity contribution is -0.141. The van der Waals surface area contributed by atoms with Crippen molar-refractivity contribution in [3.8, 4) is 22.0 Å². The molecule has 0 aliphatic rings. The first-order chi connectivity index (χ1) is 19.0. The number of nitrogens with one attached hydrogen (secondary N) is 1. The summed E-state index contributed by atoms with van der Waals surface area (Å²) in [5.41, 5.74) is 0.896. The lowest BCUT2D eigenvalue weighted by Gasteiger charge is -2.23. The second-order valence-electron chi connectivity index (χ2n) is 8.99. The maximum absolute atomic E-state index is 14.4. The topological polar surface area (TPSA) is 93.9 Å². The summed E-state index contributed by atoms with van der Waals surface area (Å²) in [6, 6.07) is 12.6. The molecule has 0 fully saturated rings. The highest BCUT2D eigenvalue weighted by atomic mass is 32.1. The second-order valence-corrected chi connectivity index (χ2v) is 10.0. The third-order valence-electron chi connectivity index (χ3n) is 6.29. The Bertz CT molecular complexity index is 1710. The van der Waals surface area contributed by atoms with Crippen LogP contribution in [0, 0.1) is 6.92 Å². The summed E-state index contributed by atoms with van der Waals surface area (Å²) in [5, 5.41) is 5.44. The number of hydrogen-bond acceptors (Lipinski definition) is 7. The molecule has 1 N–H and O–H groups in total. The van der Waals surface area contributed by atoms with E-state index in [1.807, 2.05) is 0 Å². The van der Waals surface area contributed by atoms with Gasteiger partial charge >= 0.3 is 11.9 Å². The van der Waals surface area contributed by atoms with Crippen LogP contribution in [0.1, 0.15) is 41.3 Å². The van der Waals surface area contributed by atoms with Crippen LogP contribution in [0.5, 0.6) is 0 Å². The average molecular weight is 577 g/mol. The molecule has 1 atom stereocenters. The first-order valence-corrected chi connectivity index (χ1v) is 12.9. The largest absolute Gasteiger partial charge is 0.439 e. The van der Waals surface area contributed by atoms with Gasteiger partial charge in [0.15, 0.2) is 5.82 Å². The fourth-order valence-electron chi connectivity index (χ4n) is 4.18. The van der Waals surface area contributed by atoms with Crippen LogP contribution < -0.4 is 5.76 Å². The number of nitrogens with zero attached hydrogens (tertiary/aromatic N) is 3. The number of ether oxygens (including phenoxy) is 1. The molecule has 0 spiro atoms. The van der Waals surface area contributed by atoms with E-state index in [-0.39, 0.29) is 5.82 Å². The minimum Gasteiger partial charge on any atom is -0.362 e. The van der Waals surface area contributed by atoms with Gasteiger partial charge in [-0.3, -0.25) is 14.5 Å². The highest BCUT2D eigenvalue weighted by Gasteiger charge is 2.33. The van der Waals surface area contributed by atoms with Crippen molar-refractivity contribution in [1.29, 1.82) is 0 Å². The van der Waals surface area contributed by atoms with Crippen molar-refractivity contribution in [3.63, 3.8) is 0 Å². The minimum absolute atomic E-state index is 0.203. The number of fused-ring (bicyclic) bond motifs is 1. The van der Waals surface area contributed by atoms with Gasteiger partial charge in [0.25, 0.3) is 5.92 Å². The Kier molecular flexibility index (Phi) is 7.27. The number of aromatic nitrogens is 4. The van der Waals surface area contributed by atoms with Gasteiger partial charge in [0.05, 0.1) is 10.6 Å². The van der Waals surface area contributed by atoms with Gasteiger partial charge in [-0.1, -0.05) is 48.5 Å². The molecule has 0 radical (unpaired) electrons. The molecule has 1 unspecified atom stereocenters. The zero-order valence-corrected chi connectivity index (χ0v) is 21.9. The summed E-state index contributed by atoms with van der Waals surface area (Å²) in [6.07, 6.45) is -4.92. The first-order valence-electron chi connectivity index (χ1n) is 12.0. The first kappa shape index (κ1) is 27.6. The van der Waals surface area contributed by atoms with Crippen molar-refractivity contribution in [3.05, 3.63) is 87.1 Å². The summed E-state index contributed by atoms with van der Waals surface area (Å²) >= 11 is 1.12. The van der Waals surface area contributed by atoms with Gasteiger partial charge in [-0.2, -0.15) is 13.2 Å². The van der Waals surface area contributed by atoms with Crippen LogP contribution in [-0.4, -0.2) is 32.6 Å².